The summed E-state index contributed by atoms with van der Waals surface area (Å²) in [7, 11) is 0. The first-order valence-corrected chi connectivity index (χ1v) is 8.06. The first kappa shape index (κ1) is 16.8. The van der Waals surface area contributed by atoms with Gasteiger partial charge < -0.3 is 10.1 Å². The lowest BCUT2D eigenvalue weighted by Gasteiger charge is -2.07. The van der Waals surface area contributed by atoms with Crippen molar-refractivity contribution in [1.29, 1.82) is 0 Å². The van der Waals surface area contributed by atoms with Gasteiger partial charge >= 0.3 is 0 Å². The molecule has 118 valence electrons. The summed E-state index contributed by atoms with van der Waals surface area (Å²) >= 11 is 9.27. The van der Waals surface area contributed by atoms with Crippen LogP contribution in [0.3, 0.4) is 0 Å². The zero-order valence-electron chi connectivity index (χ0n) is 12.3. The van der Waals surface area contributed by atoms with E-state index in [0.29, 0.717) is 34.1 Å². The van der Waals surface area contributed by atoms with Gasteiger partial charge in [-0.05, 0) is 40.0 Å². The molecule has 1 amide bonds. The lowest BCUT2D eigenvalue weighted by molar-refractivity contribution is 0.0941. The number of ether oxygens (including phenoxy) is 1. The Balaban J connectivity index is 1.83. The van der Waals surface area contributed by atoms with E-state index in [9.17, 15) is 4.79 Å². The molecule has 1 aromatic heterocycles. The smallest absolute Gasteiger partial charge is 0.273 e. The third kappa shape index (κ3) is 4.24. The highest BCUT2D eigenvalue weighted by Gasteiger charge is 2.18. The van der Waals surface area contributed by atoms with Crippen LogP contribution in [0.2, 0.25) is 5.02 Å². The average molecular weight is 387 g/mol. The molecule has 2 N–H and O–H groups in total. The van der Waals surface area contributed by atoms with Crippen molar-refractivity contribution >= 4 is 33.4 Å². The van der Waals surface area contributed by atoms with Gasteiger partial charge in [-0.1, -0.05) is 31.5 Å². The monoisotopic (exact) mass is 385 g/mol. The molecule has 0 spiro atoms. The third-order valence-corrected chi connectivity index (χ3v) is 4.02. The molecule has 0 aliphatic rings. The Kier molecular flexibility index (Phi) is 5.85. The van der Waals surface area contributed by atoms with E-state index in [1.807, 2.05) is 26.0 Å². The Morgan fingerprint density at radius 1 is 1.50 bits per heavy atom. The zero-order chi connectivity index (χ0) is 16.1. The van der Waals surface area contributed by atoms with Crippen molar-refractivity contribution in [2.24, 2.45) is 0 Å². The van der Waals surface area contributed by atoms with E-state index in [1.165, 1.54) is 0 Å². The van der Waals surface area contributed by atoms with E-state index in [-0.39, 0.29) is 11.8 Å². The molecule has 0 fully saturated rings. The van der Waals surface area contributed by atoms with Crippen LogP contribution in [0.1, 0.15) is 35.9 Å². The Hall–Kier alpha value is -1.53. The lowest BCUT2D eigenvalue weighted by Crippen LogP contribution is -2.28. The number of aromatic amines is 1. The third-order valence-electron chi connectivity index (χ3n) is 2.98. The summed E-state index contributed by atoms with van der Waals surface area (Å²) in [5, 5.41) is 10.3. The average Bonchev–Trinajstić information content (AvgIpc) is 2.85. The van der Waals surface area contributed by atoms with Crippen LogP contribution in [0.5, 0.6) is 5.75 Å². The van der Waals surface area contributed by atoms with Gasteiger partial charge in [-0.15, -0.1) is 0 Å². The molecule has 22 heavy (non-hydrogen) atoms. The number of carbonyl (C=O) groups excluding carboxylic acids is 1. The number of halogens is 2. The first-order chi connectivity index (χ1) is 10.5. The number of hydrogen-bond acceptors (Lipinski definition) is 3. The molecule has 0 atom stereocenters. The zero-order valence-corrected chi connectivity index (χ0v) is 14.7. The number of nitrogens with one attached hydrogen (secondary N) is 2. The summed E-state index contributed by atoms with van der Waals surface area (Å²) in [6, 6.07) is 7.12. The van der Waals surface area contributed by atoms with Crippen LogP contribution < -0.4 is 10.1 Å². The highest BCUT2D eigenvalue weighted by Crippen LogP contribution is 2.25. The van der Waals surface area contributed by atoms with Crippen molar-refractivity contribution in [3.05, 3.63) is 45.1 Å². The van der Waals surface area contributed by atoms with Crippen molar-refractivity contribution in [3.8, 4) is 5.75 Å². The number of carbonyl (C=O) groups is 1. The van der Waals surface area contributed by atoms with Crippen molar-refractivity contribution in [2.45, 2.75) is 19.8 Å². The maximum atomic E-state index is 12.1. The summed E-state index contributed by atoms with van der Waals surface area (Å²) in [6.07, 6.45) is 0. The summed E-state index contributed by atoms with van der Waals surface area (Å²) < 4.78 is 6.21. The van der Waals surface area contributed by atoms with E-state index in [4.69, 9.17) is 16.3 Å². The molecule has 0 aliphatic carbocycles. The number of benzene rings is 1. The number of amides is 1. The summed E-state index contributed by atoms with van der Waals surface area (Å²) in [5.41, 5.74) is 1.26. The van der Waals surface area contributed by atoms with E-state index in [2.05, 4.69) is 31.4 Å². The van der Waals surface area contributed by atoms with E-state index in [0.717, 1.165) is 5.69 Å². The van der Waals surface area contributed by atoms with Gasteiger partial charge in [0.2, 0.25) is 0 Å². The van der Waals surface area contributed by atoms with Crippen molar-refractivity contribution < 1.29 is 9.53 Å². The number of nitrogens with zero attached hydrogens (tertiary/aromatic N) is 1. The predicted molar refractivity (Wildman–Crippen MR) is 89.7 cm³/mol. The molecule has 0 saturated heterocycles. The number of hydrogen-bond donors (Lipinski definition) is 2. The Morgan fingerprint density at radius 2 is 2.27 bits per heavy atom. The van der Waals surface area contributed by atoms with Crippen LogP contribution in [0.4, 0.5) is 0 Å². The second-order valence-corrected chi connectivity index (χ2v) is 6.25. The molecule has 1 aromatic carbocycles. The number of rotatable bonds is 6. The van der Waals surface area contributed by atoms with E-state index >= 15 is 0 Å². The standard InChI is InChI=1S/C15H17BrClN3O2/c1-9(2)13-12(16)14(20-19-13)15(21)18-6-7-22-11-5-3-4-10(17)8-11/h3-5,8-9H,6-7H2,1-2H3,(H,18,21)(H,19,20). The normalized spacial score (nSPS) is 10.8. The minimum Gasteiger partial charge on any atom is -0.492 e. The molecule has 0 bridgehead atoms. The largest absolute Gasteiger partial charge is 0.492 e. The maximum absolute atomic E-state index is 12.1. The van der Waals surface area contributed by atoms with Gasteiger partial charge in [0.15, 0.2) is 5.69 Å². The predicted octanol–water partition coefficient (Wildman–Crippen LogP) is 3.76. The van der Waals surface area contributed by atoms with Crippen LogP contribution in [0.15, 0.2) is 28.7 Å². The molecule has 7 heteroatoms. The van der Waals surface area contributed by atoms with Gasteiger partial charge in [-0.25, -0.2) is 0 Å². The van der Waals surface area contributed by atoms with Crippen LogP contribution in [0.25, 0.3) is 0 Å². The Labute approximate surface area is 142 Å². The maximum Gasteiger partial charge on any atom is 0.273 e. The number of aromatic nitrogens is 2. The fourth-order valence-electron chi connectivity index (χ4n) is 1.85. The van der Waals surface area contributed by atoms with Crippen molar-refractivity contribution in [2.75, 3.05) is 13.2 Å². The fourth-order valence-corrected chi connectivity index (χ4v) is 2.84. The lowest BCUT2D eigenvalue weighted by atomic mass is 10.1. The molecule has 2 aromatic rings. The van der Waals surface area contributed by atoms with Crippen molar-refractivity contribution in [1.82, 2.24) is 15.5 Å². The molecule has 0 aliphatic heterocycles. The quantitative estimate of drug-likeness (QED) is 0.743. The molecular weight excluding hydrogens is 370 g/mol. The number of H-pyrrole nitrogens is 1. The minimum absolute atomic E-state index is 0.246. The van der Waals surface area contributed by atoms with Crippen molar-refractivity contribution in [3.63, 3.8) is 0 Å². The second-order valence-electron chi connectivity index (χ2n) is 5.02. The summed E-state index contributed by atoms with van der Waals surface area (Å²) in [6.45, 7) is 4.78. The molecule has 0 radical (unpaired) electrons. The van der Waals surface area contributed by atoms with E-state index < -0.39 is 0 Å². The van der Waals surface area contributed by atoms with E-state index in [1.54, 1.807) is 12.1 Å². The molecule has 2 rings (SSSR count). The second kappa shape index (κ2) is 7.65. The molecular formula is C15H17BrClN3O2. The first-order valence-electron chi connectivity index (χ1n) is 6.89. The Morgan fingerprint density at radius 3 is 2.91 bits per heavy atom. The minimum atomic E-state index is -0.246. The van der Waals surface area contributed by atoms with Gasteiger partial charge in [0.05, 0.1) is 16.7 Å². The summed E-state index contributed by atoms with van der Waals surface area (Å²) in [5.74, 6) is 0.684. The van der Waals surface area contributed by atoms with Crippen LogP contribution in [-0.4, -0.2) is 29.3 Å². The van der Waals surface area contributed by atoms with Gasteiger partial charge in [0.1, 0.15) is 12.4 Å². The van der Waals surface area contributed by atoms with Crippen LogP contribution in [0, 0.1) is 0 Å². The van der Waals surface area contributed by atoms with Gasteiger partial charge in [-0.3, -0.25) is 9.89 Å². The molecule has 5 nitrogen and oxygen atoms in total. The van der Waals surface area contributed by atoms with Gasteiger partial charge in [0, 0.05) is 5.02 Å². The highest BCUT2D eigenvalue weighted by molar-refractivity contribution is 9.10. The van der Waals surface area contributed by atoms with Crippen LogP contribution in [-0.2, 0) is 0 Å². The molecule has 0 unspecified atom stereocenters. The summed E-state index contributed by atoms with van der Waals surface area (Å²) in [4.78, 5) is 12.1. The SMILES string of the molecule is CC(C)c1[nH]nc(C(=O)NCCOc2cccc(Cl)c2)c1Br. The highest BCUT2D eigenvalue weighted by atomic mass is 79.9. The Bertz CT molecular complexity index is 658. The molecule has 0 saturated carbocycles. The topological polar surface area (TPSA) is 67.0 Å². The van der Waals surface area contributed by atoms with Crippen LogP contribution >= 0.6 is 27.5 Å². The fraction of sp³-hybridized carbons (Fsp3) is 0.333. The van der Waals surface area contributed by atoms with Gasteiger partial charge in [-0.2, -0.15) is 5.10 Å². The van der Waals surface area contributed by atoms with Gasteiger partial charge in [0.25, 0.3) is 5.91 Å². The molecule has 1 heterocycles.